The molecule has 41 nitrogen and oxygen atoms in total. The zero-order valence-electron chi connectivity index (χ0n) is 70.2. The van der Waals surface area contributed by atoms with Crippen molar-refractivity contribution < 1.29 is 92.0 Å². The van der Waals surface area contributed by atoms with E-state index in [4.69, 9.17) is 22.6 Å². The number of nitrogens with zero attached hydrogens (tertiary/aromatic N) is 1. The van der Waals surface area contributed by atoms with Gasteiger partial charge >= 0.3 is 17.9 Å². The van der Waals surface area contributed by atoms with E-state index in [1.165, 1.54) is 31.2 Å². The van der Waals surface area contributed by atoms with Gasteiger partial charge in [0.05, 0.1) is 25.3 Å². The number of hydrogen-bond acceptors (Lipinski definition) is 22. The second-order valence-corrected chi connectivity index (χ2v) is 31.6. The van der Waals surface area contributed by atoms with E-state index in [-0.39, 0.29) is 57.2 Å². The van der Waals surface area contributed by atoms with Gasteiger partial charge < -0.3 is 122 Å². The Morgan fingerprint density at radius 3 is 1.45 bits per heavy atom. The molecule has 0 aliphatic heterocycles. The number of aromatic amines is 3. The molecule has 123 heavy (non-hydrogen) atoms. The van der Waals surface area contributed by atoms with Crippen molar-refractivity contribution in [2.45, 2.75) is 223 Å². The molecule has 0 saturated heterocycles. The highest BCUT2D eigenvalue weighted by atomic mass is 32.2. The van der Waals surface area contributed by atoms with Crippen molar-refractivity contribution in [1.82, 2.24) is 94.4 Å². The third-order valence-electron chi connectivity index (χ3n) is 20.9. The number of aromatic nitrogens is 4. The van der Waals surface area contributed by atoms with Gasteiger partial charge in [-0.15, -0.1) is 0 Å². The van der Waals surface area contributed by atoms with E-state index in [0.29, 0.717) is 77.3 Å². The minimum Gasteiger partial charge on any atom is -0.481 e. The van der Waals surface area contributed by atoms with Crippen LogP contribution in [-0.2, 0) is 96.0 Å². The number of benzene rings is 2. The molecule has 2 aromatic carbocycles. The lowest BCUT2D eigenvalue weighted by molar-refractivity contribution is -0.143. The highest BCUT2D eigenvalue weighted by Gasteiger charge is 2.40. The summed E-state index contributed by atoms with van der Waals surface area (Å²) < 4.78 is 0. The van der Waals surface area contributed by atoms with Crippen molar-refractivity contribution in [3.8, 4) is 0 Å². The lowest BCUT2D eigenvalue weighted by atomic mass is 9.94. The van der Waals surface area contributed by atoms with Crippen LogP contribution in [-0.4, -0.2) is 252 Å². The number of hydrogen-bond donors (Lipinski definition) is 25. The number of aliphatic carboxylic acids is 3. The number of nitrogens with two attached hydrogens (primary N) is 3. The largest absolute Gasteiger partial charge is 0.481 e. The summed E-state index contributed by atoms with van der Waals surface area (Å²) in [6, 6.07) is -4.92. The fourth-order valence-corrected chi connectivity index (χ4v) is 13.7. The molecule has 0 aliphatic rings. The van der Waals surface area contributed by atoms with Gasteiger partial charge in [0.1, 0.15) is 72.5 Å². The maximum absolute atomic E-state index is 14.9. The summed E-state index contributed by atoms with van der Waals surface area (Å²) in [4.78, 5) is 234. The van der Waals surface area contributed by atoms with Crippen molar-refractivity contribution in [3.63, 3.8) is 0 Å². The van der Waals surface area contributed by atoms with Gasteiger partial charge in [0, 0.05) is 84.1 Å². The summed E-state index contributed by atoms with van der Waals surface area (Å²) in [6.45, 7) is 11.2. The molecule has 0 saturated carbocycles. The van der Waals surface area contributed by atoms with Crippen LogP contribution in [0.4, 0.5) is 0 Å². The van der Waals surface area contributed by atoms with Crippen LogP contribution in [0.25, 0.3) is 21.8 Å². The number of carboxylic acid groups (broad SMARTS) is 3. The Labute approximate surface area is 721 Å². The van der Waals surface area contributed by atoms with Gasteiger partial charge in [-0.1, -0.05) is 104 Å². The molecule has 13 amide bonds. The molecule has 0 aliphatic carbocycles. The molecule has 3 heterocycles. The molecular weight excluding hydrogens is 1640 g/mol. The molecule has 5 aromatic rings. The van der Waals surface area contributed by atoms with Crippen LogP contribution in [0.5, 0.6) is 0 Å². The average molecular weight is 1760 g/mol. The van der Waals surface area contributed by atoms with Crippen molar-refractivity contribution in [2.24, 2.45) is 35.0 Å². The van der Waals surface area contributed by atoms with Crippen LogP contribution in [0.15, 0.2) is 73.4 Å². The van der Waals surface area contributed by atoms with E-state index < -0.39 is 229 Å². The lowest BCUT2D eigenvalue weighted by Gasteiger charge is -2.31. The number of carbonyl (C=O) groups excluding carboxylic acids is 13. The molecule has 0 radical (unpaired) electrons. The molecule has 27 N–H and O–H groups in total. The number of amides is 13. The van der Waals surface area contributed by atoms with E-state index in [1.807, 2.05) is 6.92 Å². The number of imidazole rings is 1. The number of thioether (sulfide) groups is 1. The Hall–Kier alpha value is -11.9. The predicted octanol–water partition coefficient (Wildman–Crippen LogP) is -1.68. The summed E-state index contributed by atoms with van der Waals surface area (Å²) >= 11 is 5.51. The van der Waals surface area contributed by atoms with E-state index in [0.717, 1.165) is 0 Å². The first kappa shape index (κ1) is 102. The van der Waals surface area contributed by atoms with E-state index in [9.17, 15) is 92.0 Å². The maximum Gasteiger partial charge on any atom is 0.326 e. The summed E-state index contributed by atoms with van der Waals surface area (Å²) in [7, 11) is 0. The lowest BCUT2D eigenvalue weighted by Crippen LogP contribution is -2.62. The first-order valence-corrected chi connectivity index (χ1v) is 42.8. The van der Waals surface area contributed by atoms with E-state index in [1.54, 1.807) is 102 Å². The molecule has 0 unspecified atom stereocenters. The van der Waals surface area contributed by atoms with E-state index >= 15 is 0 Å². The van der Waals surface area contributed by atoms with Gasteiger partial charge in [-0.25, -0.2) is 9.78 Å². The third kappa shape index (κ3) is 33.1. The molecule has 3 aromatic heterocycles. The van der Waals surface area contributed by atoms with Crippen LogP contribution in [0.3, 0.4) is 0 Å². The molecular formula is C80H120N22O19S2. The molecule has 5 rings (SSSR count). The van der Waals surface area contributed by atoms with Gasteiger partial charge in [-0.3, -0.25) is 77.3 Å². The number of H-pyrrole nitrogens is 3. The Kier molecular flexibility index (Phi) is 42.8. The van der Waals surface area contributed by atoms with Gasteiger partial charge in [-0.2, -0.15) is 24.4 Å². The molecule has 0 spiro atoms. The number of rotatable bonds is 56. The van der Waals surface area contributed by atoms with Crippen LogP contribution in [0.1, 0.15) is 142 Å². The second-order valence-electron chi connectivity index (χ2n) is 30.2. The standard InChI is InChI=1S/C80H120N22O19S2/c1-9-41(4)64(76(117)97-57(33-47-37-85-40-90-47)73(114)91-44(7)67(108)92-53(24-18-29-86-80(83)84)70(111)93-54(25-26-62(104)105)71(112)98-59(79(120)121)32-46-36-88-52-23-15-13-20-49(46)52)100-61(103)38-89-69(110)60(39-122)99-75(116)58(34-63(106)107)95-72(113)55(27-30-123-8)94-74(115)56(31-45-35-87-51-22-14-12-19-48(45)51)96-77(118)65(42(5)10-2)102-78(119)66(43(6)11-3)101-68(109)50(82)21-16-17-28-81/h12-15,19-20,22-23,35-37,40-44,50,53-60,64-66,87-88,122H,9-11,16-18,21,24-34,38-39,81-82H2,1-8H3,(H,85,90)(H,89,110)(H,91,114)(H,92,108)(H,93,111)(H,94,115)(H,95,113)(H,96,118)(H,97,117)(H,98,112)(H,99,116)(H,100,103)(H,101,109)(H,102,119)(H,104,105)(H,106,107)(H,120,121)(H4,83,84,86)/t41-,42-,43-,44-,50-,53-,54-,55-,56-,57-,58-,59-,60-,64-,65-,66-/m0/s1. The predicted molar refractivity (Wildman–Crippen MR) is 460 cm³/mol. The van der Waals surface area contributed by atoms with Crippen molar-refractivity contribution in [2.75, 3.05) is 37.4 Å². The Morgan fingerprint density at radius 2 is 0.943 bits per heavy atom. The number of para-hydroxylation sites is 2. The maximum atomic E-state index is 14.9. The number of carbonyl (C=O) groups is 16. The number of unbranched alkanes of at least 4 members (excludes halogenated alkanes) is 1. The van der Waals surface area contributed by atoms with Crippen LogP contribution in [0, 0.1) is 23.2 Å². The Balaban J connectivity index is 1.28. The van der Waals surface area contributed by atoms with Crippen LogP contribution < -0.4 is 91.6 Å². The molecule has 0 bridgehead atoms. The summed E-state index contributed by atoms with van der Waals surface area (Å²) in [6.07, 6.45) is 6.97. The molecule has 16 atom stereocenters. The van der Waals surface area contributed by atoms with Gasteiger partial charge in [0.25, 0.3) is 0 Å². The van der Waals surface area contributed by atoms with Gasteiger partial charge in [0.15, 0.2) is 5.96 Å². The molecule has 676 valence electrons. The number of guanidine groups is 1. The van der Waals surface area contributed by atoms with E-state index in [2.05, 4.69) is 107 Å². The molecule has 43 heteroatoms. The number of nitrogens with one attached hydrogen (secondary N) is 18. The van der Waals surface area contributed by atoms with Gasteiger partial charge in [-0.05, 0) is 105 Å². The normalized spacial score (nSPS) is 15.1. The van der Waals surface area contributed by atoms with Crippen molar-refractivity contribution in [3.05, 3.63) is 90.3 Å². The summed E-state index contributed by atoms with van der Waals surface area (Å²) in [5, 5.41) is 74.6. The molecule has 0 fully saturated rings. The summed E-state index contributed by atoms with van der Waals surface area (Å²) in [5.74, 6) is -18.9. The quantitative estimate of drug-likeness (QED) is 0.00894. The first-order valence-electron chi connectivity index (χ1n) is 40.8. The zero-order valence-corrected chi connectivity index (χ0v) is 71.9. The highest BCUT2D eigenvalue weighted by molar-refractivity contribution is 7.98. The minimum absolute atomic E-state index is 0.00364. The smallest absolute Gasteiger partial charge is 0.326 e. The Morgan fingerprint density at radius 1 is 0.488 bits per heavy atom. The monoisotopic (exact) mass is 1760 g/mol. The van der Waals surface area contributed by atoms with Crippen molar-refractivity contribution >= 4 is 147 Å². The topological polar surface area (TPSA) is 664 Å². The number of thiol groups is 1. The zero-order chi connectivity index (χ0) is 91.2. The van der Waals surface area contributed by atoms with Crippen LogP contribution >= 0.6 is 24.4 Å². The fourth-order valence-electron chi connectivity index (χ4n) is 13.0. The van der Waals surface area contributed by atoms with Crippen molar-refractivity contribution in [1.29, 1.82) is 5.41 Å². The second kappa shape index (κ2) is 51.8. The SMILES string of the molecule is CC[C@H](C)[C@H](NC(=O)CNC(=O)[C@H](CS)NC(=O)[C@H](CC(=O)O)NC(=O)[C@H](CCSC)NC(=O)[C@H](Cc1c[nH]c2ccccc12)NC(=O)[C@@H](NC(=O)[C@@H](NC(=O)[C@@H](N)CCCCN)[C@@H](C)CC)[C@@H](C)CC)C(=O)N[C@@H](Cc1cnc[nH]1)C(=O)N[C@@H](C)C(=O)N[C@@H](CCCNC(=N)N)C(=O)N[C@@H](CCC(=O)O)C(=O)N[C@@H](Cc1c[nH]c2ccccc12)C(=O)O. The Bertz CT molecular complexity index is 4430. The van der Waals surface area contributed by atoms with Gasteiger partial charge in [0.2, 0.25) is 76.8 Å². The van der Waals surface area contributed by atoms with Crippen LogP contribution in [0.2, 0.25) is 0 Å². The third-order valence-corrected chi connectivity index (χ3v) is 21.9. The number of fused-ring (bicyclic) bond motifs is 2. The average Bonchev–Trinajstić information content (AvgIpc) is 1.69. The highest BCUT2D eigenvalue weighted by Crippen LogP contribution is 2.23. The minimum atomic E-state index is -1.93. The fraction of sp³-hybridized carbons (Fsp3) is 0.550. The summed E-state index contributed by atoms with van der Waals surface area (Å²) in [5.41, 5.74) is 20.1. The number of carboxylic acids is 3. The first-order chi connectivity index (χ1) is 58.5.